The molecular formula is C10H14BrClN2O. The smallest absolute Gasteiger partial charge is 0.140 e. The molecule has 1 rings (SSSR count). The maximum atomic E-state index is 9.52. The van der Waals surface area contributed by atoms with Gasteiger partial charge in [-0.2, -0.15) is 0 Å². The van der Waals surface area contributed by atoms with Crippen molar-refractivity contribution in [3.8, 4) is 0 Å². The Bertz CT molecular complexity index is 322. The molecule has 5 heteroatoms. The van der Waals surface area contributed by atoms with Gasteiger partial charge >= 0.3 is 0 Å². The van der Waals surface area contributed by atoms with Gasteiger partial charge in [0.1, 0.15) is 5.82 Å². The minimum absolute atomic E-state index is 0.334. The van der Waals surface area contributed by atoms with Crippen molar-refractivity contribution < 1.29 is 5.11 Å². The van der Waals surface area contributed by atoms with Crippen LogP contribution in [-0.2, 0) is 0 Å². The fourth-order valence-electron chi connectivity index (χ4n) is 1.19. The van der Waals surface area contributed by atoms with E-state index in [0.717, 1.165) is 17.3 Å². The van der Waals surface area contributed by atoms with Crippen LogP contribution in [0.1, 0.15) is 19.8 Å². The first kappa shape index (κ1) is 12.7. The monoisotopic (exact) mass is 292 g/mol. The molecule has 15 heavy (non-hydrogen) atoms. The zero-order valence-electron chi connectivity index (χ0n) is 8.50. The van der Waals surface area contributed by atoms with Gasteiger partial charge in [-0.1, -0.05) is 24.9 Å². The van der Waals surface area contributed by atoms with E-state index in [-0.39, 0.29) is 6.10 Å². The minimum atomic E-state index is -0.334. The topological polar surface area (TPSA) is 45.1 Å². The van der Waals surface area contributed by atoms with Gasteiger partial charge in [0.25, 0.3) is 0 Å². The first-order valence-corrected chi connectivity index (χ1v) is 6.03. The average molecular weight is 294 g/mol. The second-order valence-electron chi connectivity index (χ2n) is 3.31. The number of aromatic nitrogens is 1. The van der Waals surface area contributed by atoms with Crippen LogP contribution in [-0.4, -0.2) is 22.7 Å². The van der Waals surface area contributed by atoms with Gasteiger partial charge in [0, 0.05) is 12.7 Å². The van der Waals surface area contributed by atoms with E-state index in [1.165, 1.54) is 0 Å². The number of anilines is 1. The van der Waals surface area contributed by atoms with Gasteiger partial charge < -0.3 is 10.4 Å². The van der Waals surface area contributed by atoms with Crippen LogP contribution in [0.4, 0.5) is 5.82 Å². The number of aliphatic hydroxyl groups excluding tert-OH is 1. The molecule has 0 aromatic carbocycles. The molecule has 1 unspecified atom stereocenters. The molecule has 2 N–H and O–H groups in total. The van der Waals surface area contributed by atoms with Crippen LogP contribution < -0.4 is 5.32 Å². The maximum absolute atomic E-state index is 9.52. The zero-order valence-corrected chi connectivity index (χ0v) is 10.8. The summed E-state index contributed by atoms with van der Waals surface area (Å²) >= 11 is 9.10. The molecule has 0 radical (unpaired) electrons. The Morgan fingerprint density at radius 2 is 2.40 bits per heavy atom. The van der Waals surface area contributed by atoms with Crippen LogP contribution in [0.15, 0.2) is 16.7 Å². The van der Waals surface area contributed by atoms with Crippen LogP contribution in [0.3, 0.4) is 0 Å². The summed E-state index contributed by atoms with van der Waals surface area (Å²) in [5.41, 5.74) is 0. The maximum Gasteiger partial charge on any atom is 0.140 e. The Labute approximate surface area is 103 Å². The van der Waals surface area contributed by atoms with Gasteiger partial charge in [0.2, 0.25) is 0 Å². The molecule has 0 fully saturated rings. The van der Waals surface area contributed by atoms with Crippen LogP contribution in [0.25, 0.3) is 0 Å². The van der Waals surface area contributed by atoms with Gasteiger partial charge in [-0.15, -0.1) is 0 Å². The van der Waals surface area contributed by atoms with Gasteiger partial charge in [-0.3, -0.25) is 0 Å². The summed E-state index contributed by atoms with van der Waals surface area (Å²) in [4.78, 5) is 4.11. The third-order valence-electron chi connectivity index (χ3n) is 1.93. The lowest BCUT2D eigenvalue weighted by Crippen LogP contribution is -2.19. The van der Waals surface area contributed by atoms with E-state index in [9.17, 15) is 5.11 Å². The Morgan fingerprint density at radius 3 is 3.00 bits per heavy atom. The fourth-order valence-corrected chi connectivity index (χ4v) is 1.97. The van der Waals surface area contributed by atoms with E-state index in [1.54, 1.807) is 12.3 Å². The first-order valence-electron chi connectivity index (χ1n) is 4.86. The number of pyridine rings is 1. The van der Waals surface area contributed by atoms with E-state index < -0.39 is 0 Å². The number of nitrogens with one attached hydrogen (secondary N) is 1. The highest BCUT2D eigenvalue weighted by Gasteiger charge is 2.05. The van der Waals surface area contributed by atoms with Crippen molar-refractivity contribution in [2.45, 2.75) is 25.9 Å². The Hall–Kier alpha value is -0.320. The molecule has 0 aliphatic rings. The van der Waals surface area contributed by atoms with Crippen molar-refractivity contribution in [2.75, 3.05) is 11.9 Å². The normalized spacial score (nSPS) is 12.5. The standard InChI is InChI=1S/C10H14BrClN2O/c1-2-3-8(15)6-14-10-9(11)4-7(12)5-13-10/h4-5,8,15H,2-3,6H2,1H3,(H,13,14). The van der Waals surface area contributed by atoms with Gasteiger partial charge in [-0.05, 0) is 28.4 Å². The zero-order chi connectivity index (χ0) is 11.3. The summed E-state index contributed by atoms with van der Waals surface area (Å²) in [5.74, 6) is 0.703. The molecule has 1 heterocycles. The summed E-state index contributed by atoms with van der Waals surface area (Å²) in [6, 6.07) is 1.77. The number of hydrogen-bond donors (Lipinski definition) is 2. The molecule has 0 aliphatic heterocycles. The number of rotatable bonds is 5. The Kier molecular flexibility index (Phi) is 5.36. The predicted octanol–water partition coefficient (Wildman–Crippen LogP) is 3.07. The van der Waals surface area contributed by atoms with E-state index in [2.05, 4.69) is 26.2 Å². The summed E-state index contributed by atoms with van der Waals surface area (Å²) in [7, 11) is 0. The molecule has 0 bridgehead atoms. The van der Waals surface area contributed by atoms with Crippen molar-refractivity contribution in [3.05, 3.63) is 21.8 Å². The summed E-state index contributed by atoms with van der Waals surface area (Å²) < 4.78 is 0.804. The second-order valence-corrected chi connectivity index (χ2v) is 4.60. The van der Waals surface area contributed by atoms with E-state index in [4.69, 9.17) is 11.6 Å². The van der Waals surface area contributed by atoms with Gasteiger partial charge in [0.15, 0.2) is 0 Å². The quantitative estimate of drug-likeness (QED) is 0.877. The lowest BCUT2D eigenvalue weighted by molar-refractivity contribution is 0.176. The highest BCUT2D eigenvalue weighted by molar-refractivity contribution is 9.10. The van der Waals surface area contributed by atoms with E-state index in [0.29, 0.717) is 17.4 Å². The second kappa shape index (κ2) is 6.30. The fraction of sp³-hybridized carbons (Fsp3) is 0.500. The van der Waals surface area contributed by atoms with Crippen molar-refractivity contribution in [2.24, 2.45) is 0 Å². The third kappa shape index (κ3) is 4.36. The molecule has 3 nitrogen and oxygen atoms in total. The molecule has 84 valence electrons. The minimum Gasteiger partial charge on any atom is -0.391 e. The molecule has 0 amide bonds. The van der Waals surface area contributed by atoms with Crippen LogP contribution >= 0.6 is 27.5 Å². The lowest BCUT2D eigenvalue weighted by atomic mass is 10.2. The molecular weight excluding hydrogens is 279 g/mol. The first-order chi connectivity index (χ1) is 7.13. The van der Waals surface area contributed by atoms with Crippen LogP contribution in [0, 0.1) is 0 Å². The molecule has 0 aliphatic carbocycles. The SMILES string of the molecule is CCCC(O)CNc1ncc(Cl)cc1Br. The van der Waals surface area contributed by atoms with E-state index in [1.807, 2.05) is 6.92 Å². The van der Waals surface area contributed by atoms with Crippen molar-refractivity contribution in [1.82, 2.24) is 4.98 Å². The van der Waals surface area contributed by atoms with Gasteiger partial charge in [0.05, 0.1) is 15.6 Å². The van der Waals surface area contributed by atoms with Crippen molar-refractivity contribution in [3.63, 3.8) is 0 Å². The molecule has 0 saturated carbocycles. The molecule has 1 atom stereocenters. The number of hydrogen-bond acceptors (Lipinski definition) is 3. The Morgan fingerprint density at radius 1 is 1.67 bits per heavy atom. The van der Waals surface area contributed by atoms with Gasteiger partial charge in [-0.25, -0.2) is 4.98 Å². The Balaban J connectivity index is 2.50. The number of aliphatic hydroxyl groups is 1. The van der Waals surface area contributed by atoms with E-state index >= 15 is 0 Å². The van der Waals surface area contributed by atoms with Crippen molar-refractivity contribution in [1.29, 1.82) is 0 Å². The highest BCUT2D eigenvalue weighted by Crippen LogP contribution is 2.22. The summed E-state index contributed by atoms with van der Waals surface area (Å²) in [6.45, 7) is 2.54. The lowest BCUT2D eigenvalue weighted by Gasteiger charge is -2.12. The highest BCUT2D eigenvalue weighted by atomic mass is 79.9. The molecule has 1 aromatic rings. The molecule has 0 spiro atoms. The average Bonchev–Trinajstić information content (AvgIpc) is 2.17. The molecule has 0 saturated heterocycles. The summed E-state index contributed by atoms with van der Waals surface area (Å²) in [5, 5.41) is 13.2. The number of nitrogens with zero attached hydrogens (tertiary/aromatic N) is 1. The molecule has 1 aromatic heterocycles. The summed E-state index contributed by atoms with van der Waals surface area (Å²) in [6.07, 6.45) is 3.00. The van der Waals surface area contributed by atoms with Crippen LogP contribution in [0.5, 0.6) is 0 Å². The van der Waals surface area contributed by atoms with Crippen LogP contribution in [0.2, 0.25) is 5.02 Å². The number of halogens is 2. The third-order valence-corrected chi connectivity index (χ3v) is 2.75. The van der Waals surface area contributed by atoms with Crippen molar-refractivity contribution >= 4 is 33.3 Å². The largest absolute Gasteiger partial charge is 0.391 e. The predicted molar refractivity (Wildman–Crippen MR) is 66.4 cm³/mol.